The van der Waals surface area contributed by atoms with Gasteiger partial charge in [0.05, 0.1) is 6.10 Å². The summed E-state index contributed by atoms with van der Waals surface area (Å²) in [5.41, 5.74) is 2.60. The first kappa shape index (κ1) is 14.7. The van der Waals surface area contributed by atoms with Crippen LogP contribution in [-0.4, -0.2) is 47.7 Å². The number of benzene rings is 1. The molecule has 5 heteroatoms. The molecule has 1 saturated heterocycles. The molecule has 1 heterocycles. The highest BCUT2D eigenvalue weighted by Gasteiger charge is 2.63. The number of carboxylic acid groups (broad SMARTS) is 1. The zero-order valence-corrected chi connectivity index (χ0v) is 13.2. The molecule has 0 radical (unpaired) electrons. The van der Waals surface area contributed by atoms with E-state index in [2.05, 4.69) is 12.1 Å². The van der Waals surface area contributed by atoms with Gasteiger partial charge in [-0.2, -0.15) is 0 Å². The summed E-state index contributed by atoms with van der Waals surface area (Å²) in [7, 11) is 1.57. The standard InChI is InChI=1S/C18H21NO4/c1-23-12-8-15(17(21)22)19(10-12)16(20)14-9-18(14)7-6-11-4-2-3-5-13(11)18/h2-5,12,14-15H,6-10H2,1H3,(H,21,22). The van der Waals surface area contributed by atoms with Crippen LogP contribution in [0.5, 0.6) is 0 Å². The molecule has 4 atom stereocenters. The van der Waals surface area contributed by atoms with Crippen molar-refractivity contribution >= 4 is 11.9 Å². The predicted octanol–water partition coefficient (Wildman–Crippen LogP) is 1.59. The number of nitrogens with zero attached hydrogens (tertiary/aromatic N) is 1. The van der Waals surface area contributed by atoms with E-state index in [0.717, 1.165) is 19.3 Å². The number of amides is 1. The van der Waals surface area contributed by atoms with Gasteiger partial charge in [0.15, 0.2) is 0 Å². The molecule has 4 rings (SSSR count). The van der Waals surface area contributed by atoms with Gasteiger partial charge in [-0.3, -0.25) is 4.79 Å². The van der Waals surface area contributed by atoms with Crippen LogP contribution in [0.3, 0.4) is 0 Å². The monoisotopic (exact) mass is 315 g/mol. The summed E-state index contributed by atoms with van der Waals surface area (Å²) in [5, 5.41) is 9.41. The van der Waals surface area contributed by atoms with Crippen LogP contribution in [0.15, 0.2) is 24.3 Å². The van der Waals surface area contributed by atoms with Crippen molar-refractivity contribution < 1.29 is 19.4 Å². The van der Waals surface area contributed by atoms with E-state index < -0.39 is 12.0 Å². The SMILES string of the molecule is COC1CC(C(=O)O)N(C(=O)C2CC23CCc2ccccc23)C1. The Morgan fingerprint density at radius 1 is 1.35 bits per heavy atom. The second-order valence-electron chi connectivity index (χ2n) is 7.01. The Bertz CT molecular complexity index is 673. The van der Waals surface area contributed by atoms with Crippen LogP contribution in [-0.2, 0) is 26.2 Å². The summed E-state index contributed by atoms with van der Waals surface area (Å²) in [6.07, 6.45) is 3.08. The zero-order chi connectivity index (χ0) is 16.2. The molecule has 5 nitrogen and oxygen atoms in total. The van der Waals surface area contributed by atoms with E-state index >= 15 is 0 Å². The minimum atomic E-state index is -0.931. The molecule has 3 aliphatic rings. The summed E-state index contributed by atoms with van der Waals surface area (Å²) >= 11 is 0. The van der Waals surface area contributed by atoms with Gasteiger partial charge in [-0.05, 0) is 30.4 Å². The van der Waals surface area contributed by atoms with Gasteiger partial charge in [0, 0.05) is 31.4 Å². The van der Waals surface area contributed by atoms with Crippen LogP contribution in [0.4, 0.5) is 0 Å². The molecule has 1 aromatic rings. The van der Waals surface area contributed by atoms with Crippen LogP contribution in [0, 0.1) is 5.92 Å². The average Bonchev–Trinajstić information content (AvgIpc) is 2.93. The highest BCUT2D eigenvalue weighted by atomic mass is 16.5. The largest absolute Gasteiger partial charge is 0.480 e. The van der Waals surface area contributed by atoms with Gasteiger partial charge in [-0.25, -0.2) is 4.79 Å². The number of rotatable bonds is 3. The number of hydrogen-bond donors (Lipinski definition) is 1. The molecule has 122 valence electrons. The molecule has 1 aromatic carbocycles. The fourth-order valence-electron chi connectivity index (χ4n) is 4.57. The van der Waals surface area contributed by atoms with Crippen molar-refractivity contribution in [3.05, 3.63) is 35.4 Å². The summed E-state index contributed by atoms with van der Waals surface area (Å²) in [4.78, 5) is 26.0. The maximum atomic E-state index is 13.0. The van der Waals surface area contributed by atoms with Gasteiger partial charge < -0.3 is 14.7 Å². The molecular weight excluding hydrogens is 294 g/mol. The molecular formula is C18H21NO4. The molecule has 1 spiro atoms. The first-order valence-electron chi connectivity index (χ1n) is 8.21. The minimum absolute atomic E-state index is 0.00588. The summed E-state index contributed by atoms with van der Waals surface area (Å²) in [6, 6.07) is 7.60. The van der Waals surface area contributed by atoms with Crippen LogP contribution in [0.25, 0.3) is 0 Å². The van der Waals surface area contributed by atoms with Crippen LogP contribution >= 0.6 is 0 Å². The minimum Gasteiger partial charge on any atom is -0.480 e. The Kier molecular flexibility index (Phi) is 3.23. The number of carbonyl (C=O) groups is 2. The Hall–Kier alpha value is -1.88. The maximum absolute atomic E-state index is 13.0. The molecule has 0 bridgehead atoms. The maximum Gasteiger partial charge on any atom is 0.326 e. The van der Waals surface area contributed by atoms with Gasteiger partial charge in [0.2, 0.25) is 5.91 Å². The summed E-state index contributed by atoms with van der Waals surface area (Å²) in [6.45, 7) is 0.389. The Morgan fingerprint density at radius 3 is 2.87 bits per heavy atom. The van der Waals surface area contributed by atoms with Gasteiger partial charge in [0.1, 0.15) is 6.04 Å². The third-order valence-electron chi connectivity index (χ3n) is 5.93. The molecule has 1 amide bonds. The third-order valence-corrected chi connectivity index (χ3v) is 5.93. The fourth-order valence-corrected chi connectivity index (χ4v) is 4.57. The summed E-state index contributed by atoms with van der Waals surface area (Å²) < 4.78 is 5.29. The summed E-state index contributed by atoms with van der Waals surface area (Å²) in [5.74, 6) is -1.00. The van der Waals surface area contributed by atoms with Crippen molar-refractivity contribution in [2.45, 2.75) is 43.2 Å². The number of likely N-dealkylation sites (tertiary alicyclic amines) is 1. The number of hydrogen-bond acceptors (Lipinski definition) is 3. The van der Waals surface area contributed by atoms with Crippen LogP contribution in [0.2, 0.25) is 0 Å². The number of carbonyl (C=O) groups excluding carboxylic acids is 1. The lowest BCUT2D eigenvalue weighted by Crippen LogP contribution is -2.42. The molecule has 23 heavy (non-hydrogen) atoms. The van der Waals surface area contributed by atoms with Crippen molar-refractivity contribution in [1.82, 2.24) is 4.90 Å². The second kappa shape index (κ2) is 5.06. The number of aliphatic carboxylic acids is 1. The van der Waals surface area contributed by atoms with Gasteiger partial charge in [-0.15, -0.1) is 0 Å². The predicted molar refractivity (Wildman–Crippen MR) is 83.1 cm³/mol. The molecule has 1 N–H and O–H groups in total. The van der Waals surface area contributed by atoms with E-state index in [-0.39, 0.29) is 23.3 Å². The van der Waals surface area contributed by atoms with Crippen molar-refractivity contribution in [2.75, 3.05) is 13.7 Å². The van der Waals surface area contributed by atoms with Gasteiger partial charge >= 0.3 is 5.97 Å². The molecule has 0 aromatic heterocycles. The van der Waals surface area contributed by atoms with E-state index in [4.69, 9.17) is 4.74 Å². The van der Waals surface area contributed by atoms with Gasteiger partial charge in [0.25, 0.3) is 0 Å². The van der Waals surface area contributed by atoms with Crippen LogP contribution in [0.1, 0.15) is 30.4 Å². The van der Waals surface area contributed by atoms with Crippen LogP contribution < -0.4 is 0 Å². The highest BCUT2D eigenvalue weighted by molar-refractivity contribution is 5.89. The Balaban J connectivity index is 1.56. The number of methoxy groups -OCH3 is 1. The van der Waals surface area contributed by atoms with E-state index in [1.165, 1.54) is 16.0 Å². The molecule has 4 unspecified atom stereocenters. The molecule has 1 saturated carbocycles. The lowest BCUT2D eigenvalue weighted by atomic mass is 9.95. The Labute approximate surface area is 135 Å². The van der Waals surface area contributed by atoms with E-state index in [0.29, 0.717) is 13.0 Å². The zero-order valence-electron chi connectivity index (χ0n) is 13.2. The van der Waals surface area contributed by atoms with E-state index in [1.807, 2.05) is 12.1 Å². The van der Waals surface area contributed by atoms with Crippen molar-refractivity contribution in [2.24, 2.45) is 5.92 Å². The third kappa shape index (κ3) is 2.10. The van der Waals surface area contributed by atoms with E-state index in [9.17, 15) is 14.7 Å². The van der Waals surface area contributed by atoms with Crippen molar-refractivity contribution in [3.63, 3.8) is 0 Å². The number of aryl methyl sites for hydroxylation is 1. The lowest BCUT2D eigenvalue weighted by molar-refractivity contribution is -0.148. The van der Waals surface area contributed by atoms with Crippen molar-refractivity contribution in [1.29, 1.82) is 0 Å². The molecule has 2 fully saturated rings. The topological polar surface area (TPSA) is 66.8 Å². The normalized spacial score (nSPS) is 34.7. The van der Waals surface area contributed by atoms with Gasteiger partial charge in [-0.1, -0.05) is 24.3 Å². The molecule has 2 aliphatic carbocycles. The lowest BCUT2D eigenvalue weighted by Gasteiger charge is -2.23. The molecule has 1 aliphatic heterocycles. The quantitative estimate of drug-likeness (QED) is 0.920. The van der Waals surface area contributed by atoms with Crippen molar-refractivity contribution in [3.8, 4) is 0 Å². The smallest absolute Gasteiger partial charge is 0.326 e. The highest BCUT2D eigenvalue weighted by Crippen LogP contribution is 2.62. The Morgan fingerprint density at radius 2 is 2.13 bits per heavy atom. The average molecular weight is 315 g/mol. The first-order chi connectivity index (χ1) is 11.1. The number of fused-ring (bicyclic) bond motifs is 2. The number of ether oxygens (including phenoxy) is 1. The van der Waals surface area contributed by atoms with E-state index in [1.54, 1.807) is 7.11 Å². The fraction of sp³-hybridized carbons (Fsp3) is 0.556. The first-order valence-corrected chi connectivity index (χ1v) is 8.21. The number of carboxylic acids is 1. The second-order valence-corrected chi connectivity index (χ2v) is 7.01.